The first-order valence-corrected chi connectivity index (χ1v) is 7.06. The van der Waals surface area contributed by atoms with Crippen LogP contribution in [0.3, 0.4) is 0 Å². The lowest BCUT2D eigenvalue weighted by Gasteiger charge is -2.11. The predicted molar refractivity (Wildman–Crippen MR) is 64.6 cm³/mol. The molecule has 5 heteroatoms. The Morgan fingerprint density at radius 3 is 2.44 bits per heavy atom. The summed E-state index contributed by atoms with van der Waals surface area (Å²) in [7, 11) is 0. The van der Waals surface area contributed by atoms with Crippen molar-refractivity contribution < 1.29 is 18.3 Å². The van der Waals surface area contributed by atoms with Gasteiger partial charge in [0.05, 0.1) is 6.61 Å². The molecule has 0 saturated heterocycles. The van der Waals surface area contributed by atoms with E-state index in [2.05, 4.69) is 6.92 Å². The monoisotopic (exact) mass is 250 g/mol. The van der Waals surface area contributed by atoms with E-state index in [9.17, 15) is 9.00 Å². The molecule has 0 spiro atoms. The standard InChI is InChI=1S/C11H22O4S/c1-3-5-6-7-9-15-11(12)10(8-4-2)16(13)14/h10H,3-9H2,1-2H3,(H,13,14). The van der Waals surface area contributed by atoms with Gasteiger partial charge in [-0.05, 0) is 12.8 Å². The molecular weight excluding hydrogens is 228 g/mol. The number of rotatable bonds is 9. The number of carbonyl (C=O) groups excluding carboxylic acids is 1. The number of ether oxygens (including phenoxy) is 1. The van der Waals surface area contributed by atoms with Crippen LogP contribution in [-0.2, 0) is 20.6 Å². The molecule has 0 radical (unpaired) electrons. The van der Waals surface area contributed by atoms with Gasteiger partial charge in [-0.2, -0.15) is 0 Å². The lowest BCUT2D eigenvalue weighted by molar-refractivity contribution is -0.143. The zero-order chi connectivity index (χ0) is 12.4. The van der Waals surface area contributed by atoms with Crippen molar-refractivity contribution in [3.63, 3.8) is 0 Å². The highest BCUT2D eigenvalue weighted by atomic mass is 32.2. The molecule has 0 fully saturated rings. The maximum absolute atomic E-state index is 11.4. The number of esters is 1. The first-order chi connectivity index (χ1) is 7.63. The largest absolute Gasteiger partial charge is 0.465 e. The van der Waals surface area contributed by atoms with Crippen LogP contribution in [-0.4, -0.2) is 26.6 Å². The van der Waals surface area contributed by atoms with E-state index in [1.54, 1.807) is 0 Å². The second kappa shape index (κ2) is 9.78. The van der Waals surface area contributed by atoms with Crippen LogP contribution < -0.4 is 0 Å². The lowest BCUT2D eigenvalue weighted by Crippen LogP contribution is -2.28. The Balaban J connectivity index is 3.79. The summed E-state index contributed by atoms with van der Waals surface area (Å²) >= 11 is -2.12. The highest BCUT2D eigenvalue weighted by Gasteiger charge is 2.24. The molecule has 0 amide bonds. The van der Waals surface area contributed by atoms with Gasteiger partial charge in [-0.25, -0.2) is 4.21 Å². The van der Waals surface area contributed by atoms with Crippen LogP contribution in [0.25, 0.3) is 0 Å². The fourth-order valence-electron chi connectivity index (χ4n) is 1.36. The quantitative estimate of drug-likeness (QED) is 0.388. The van der Waals surface area contributed by atoms with E-state index in [-0.39, 0.29) is 0 Å². The van der Waals surface area contributed by atoms with Gasteiger partial charge in [0.15, 0.2) is 16.3 Å². The van der Waals surface area contributed by atoms with Gasteiger partial charge in [0, 0.05) is 0 Å². The fourth-order valence-corrected chi connectivity index (χ4v) is 2.03. The molecule has 0 aromatic carbocycles. The van der Waals surface area contributed by atoms with E-state index >= 15 is 0 Å². The van der Waals surface area contributed by atoms with Gasteiger partial charge in [0.25, 0.3) is 0 Å². The van der Waals surface area contributed by atoms with E-state index in [4.69, 9.17) is 9.29 Å². The summed E-state index contributed by atoms with van der Waals surface area (Å²) in [6.45, 7) is 4.34. The lowest BCUT2D eigenvalue weighted by atomic mass is 10.2. The van der Waals surface area contributed by atoms with E-state index in [1.165, 1.54) is 0 Å². The minimum absolute atomic E-state index is 0.357. The molecule has 0 aliphatic heterocycles. The van der Waals surface area contributed by atoms with Gasteiger partial charge in [-0.3, -0.25) is 4.79 Å². The number of hydrogen-bond acceptors (Lipinski definition) is 3. The number of hydrogen-bond donors (Lipinski definition) is 1. The van der Waals surface area contributed by atoms with E-state index < -0.39 is 22.3 Å². The highest BCUT2D eigenvalue weighted by Crippen LogP contribution is 2.07. The highest BCUT2D eigenvalue weighted by molar-refractivity contribution is 7.80. The molecule has 2 atom stereocenters. The molecule has 0 aromatic rings. The van der Waals surface area contributed by atoms with Crippen molar-refractivity contribution in [2.24, 2.45) is 0 Å². The SMILES string of the molecule is CCCCCCOC(=O)C(CCC)S(=O)O. The van der Waals surface area contributed by atoms with Gasteiger partial charge in [0.1, 0.15) is 0 Å². The summed E-state index contributed by atoms with van der Waals surface area (Å²) in [5.41, 5.74) is 0. The average molecular weight is 250 g/mol. The third-order valence-electron chi connectivity index (χ3n) is 2.30. The van der Waals surface area contributed by atoms with Crippen molar-refractivity contribution in [2.75, 3.05) is 6.61 Å². The molecule has 16 heavy (non-hydrogen) atoms. The van der Waals surface area contributed by atoms with E-state index in [1.807, 2.05) is 6.92 Å². The van der Waals surface area contributed by atoms with Crippen LogP contribution in [0.4, 0.5) is 0 Å². The van der Waals surface area contributed by atoms with Crippen molar-refractivity contribution >= 4 is 17.0 Å². The molecule has 0 saturated carbocycles. The molecule has 4 nitrogen and oxygen atoms in total. The molecule has 0 heterocycles. The molecular formula is C11H22O4S. The van der Waals surface area contributed by atoms with Crippen molar-refractivity contribution in [1.29, 1.82) is 0 Å². The van der Waals surface area contributed by atoms with Crippen LogP contribution >= 0.6 is 0 Å². The van der Waals surface area contributed by atoms with Gasteiger partial charge >= 0.3 is 5.97 Å². The third kappa shape index (κ3) is 6.95. The summed E-state index contributed by atoms with van der Waals surface area (Å²) < 4.78 is 24.8. The molecule has 0 aliphatic carbocycles. The van der Waals surface area contributed by atoms with E-state index in [0.717, 1.165) is 25.7 Å². The maximum atomic E-state index is 11.4. The Hall–Kier alpha value is -0.420. The Bertz CT molecular complexity index is 218. The number of carbonyl (C=O) groups is 1. The molecule has 0 aromatic heterocycles. The van der Waals surface area contributed by atoms with Gasteiger partial charge in [-0.1, -0.05) is 39.5 Å². The van der Waals surface area contributed by atoms with Gasteiger partial charge < -0.3 is 9.29 Å². The molecule has 0 bridgehead atoms. The second-order valence-electron chi connectivity index (χ2n) is 3.78. The molecule has 96 valence electrons. The molecule has 2 unspecified atom stereocenters. The van der Waals surface area contributed by atoms with Crippen LogP contribution in [0.2, 0.25) is 0 Å². The Morgan fingerprint density at radius 2 is 1.94 bits per heavy atom. The van der Waals surface area contributed by atoms with Crippen molar-refractivity contribution in [2.45, 2.75) is 57.6 Å². The second-order valence-corrected chi connectivity index (χ2v) is 4.90. The predicted octanol–water partition coefficient (Wildman–Crippen LogP) is 2.50. The Morgan fingerprint density at radius 1 is 1.25 bits per heavy atom. The zero-order valence-corrected chi connectivity index (χ0v) is 10.9. The molecule has 1 N–H and O–H groups in total. The van der Waals surface area contributed by atoms with Crippen molar-refractivity contribution in [3.8, 4) is 0 Å². The topological polar surface area (TPSA) is 63.6 Å². The summed E-state index contributed by atoms with van der Waals surface area (Å²) in [5, 5.41) is -0.879. The first-order valence-electron chi connectivity index (χ1n) is 5.89. The average Bonchev–Trinajstić information content (AvgIpc) is 2.24. The van der Waals surface area contributed by atoms with Crippen LogP contribution in [0, 0.1) is 0 Å². The normalized spacial score (nSPS) is 14.4. The van der Waals surface area contributed by atoms with Crippen LogP contribution in [0.5, 0.6) is 0 Å². The van der Waals surface area contributed by atoms with Crippen molar-refractivity contribution in [1.82, 2.24) is 0 Å². The van der Waals surface area contributed by atoms with Crippen LogP contribution in [0.1, 0.15) is 52.4 Å². The summed E-state index contributed by atoms with van der Waals surface area (Å²) in [6, 6.07) is 0. The smallest absolute Gasteiger partial charge is 0.324 e. The van der Waals surface area contributed by atoms with Crippen molar-refractivity contribution in [3.05, 3.63) is 0 Å². The number of unbranched alkanes of at least 4 members (excludes halogenated alkanes) is 3. The maximum Gasteiger partial charge on any atom is 0.324 e. The fraction of sp³-hybridized carbons (Fsp3) is 0.909. The Labute approximate surface area is 100 Å². The third-order valence-corrected chi connectivity index (χ3v) is 3.21. The minimum Gasteiger partial charge on any atom is -0.465 e. The van der Waals surface area contributed by atoms with Gasteiger partial charge in [-0.15, -0.1) is 0 Å². The summed E-state index contributed by atoms with van der Waals surface area (Å²) in [4.78, 5) is 11.4. The summed E-state index contributed by atoms with van der Waals surface area (Å²) in [6.07, 6.45) is 5.22. The zero-order valence-electron chi connectivity index (χ0n) is 10.1. The first kappa shape index (κ1) is 15.6. The molecule has 0 rings (SSSR count). The summed E-state index contributed by atoms with van der Waals surface area (Å²) in [5.74, 6) is -0.542. The minimum atomic E-state index is -2.12. The Kier molecular flexibility index (Phi) is 9.52. The molecule has 0 aliphatic rings. The van der Waals surface area contributed by atoms with Gasteiger partial charge in [0.2, 0.25) is 0 Å². The van der Waals surface area contributed by atoms with E-state index in [0.29, 0.717) is 19.4 Å². The van der Waals surface area contributed by atoms with Crippen LogP contribution in [0.15, 0.2) is 0 Å².